The molecule has 2 aromatic rings. The molecule has 0 N–H and O–H groups in total. The minimum atomic E-state index is -4.53. The monoisotopic (exact) mass is 340 g/mol. The number of alkyl halides is 3. The number of rotatable bonds is 2. The number of fused-ring (bicyclic) bond motifs is 1. The lowest BCUT2D eigenvalue weighted by Gasteiger charge is -2.33. The molecule has 1 unspecified atom stereocenters. The molecule has 1 aliphatic heterocycles. The molecule has 1 amide bonds. The summed E-state index contributed by atoms with van der Waals surface area (Å²) in [5, 5.41) is 0. The molecule has 0 saturated heterocycles. The second-order valence-electron chi connectivity index (χ2n) is 5.35. The highest BCUT2D eigenvalue weighted by Crippen LogP contribution is 2.35. The third-order valence-electron chi connectivity index (χ3n) is 3.59. The summed E-state index contributed by atoms with van der Waals surface area (Å²) in [6.07, 6.45) is -4.25. The van der Waals surface area contributed by atoms with Gasteiger partial charge < -0.3 is 9.64 Å². The molecule has 126 valence electrons. The molecular formula is C16H12F4N2O2. The molecule has 1 atom stereocenters. The number of amides is 1. The van der Waals surface area contributed by atoms with Gasteiger partial charge in [0.05, 0.1) is 12.2 Å². The van der Waals surface area contributed by atoms with Gasteiger partial charge in [0.1, 0.15) is 17.3 Å². The number of carbonyl (C=O) groups is 1. The van der Waals surface area contributed by atoms with Gasteiger partial charge in [0, 0.05) is 12.3 Å². The highest BCUT2D eigenvalue weighted by molar-refractivity contribution is 5.99. The summed E-state index contributed by atoms with van der Waals surface area (Å²) in [4.78, 5) is 16.9. The van der Waals surface area contributed by atoms with Gasteiger partial charge >= 0.3 is 6.18 Å². The van der Waals surface area contributed by atoms with Gasteiger partial charge in [-0.25, -0.2) is 4.39 Å². The van der Waals surface area contributed by atoms with Gasteiger partial charge in [-0.05, 0) is 30.7 Å². The zero-order valence-electron chi connectivity index (χ0n) is 12.5. The Morgan fingerprint density at radius 2 is 2.00 bits per heavy atom. The van der Waals surface area contributed by atoms with Gasteiger partial charge in [-0.2, -0.15) is 13.2 Å². The van der Waals surface area contributed by atoms with Crippen LogP contribution in [0.15, 0.2) is 36.5 Å². The van der Waals surface area contributed by atoms with Crippen LogP contribution in [0.4, 0.5) is 23.2 Å². The maximum atomic E-state index is 13.5. The van der Waals surface area contributed by atoms with Crippen molar-refractivity contribution in [2.75, 3.05) is 4.90 Å². The summed E-state index contributed by atoms with van der Waals surface area (Å²) in [7, 11) is 0. The third kappa shape index (κ3) is 3.04. The number of aromatic nitrogens is 1. The number of anilines is 1. The first-order valence-corrected chi connectivity index (χ1v) is 7.05. The number of hydrogen-bond donors (Lipinski definition) is 0. The van der Waals surface area contributed by atoms with Crippen LogP contribution in [-0.2, 0) is 17.5 Å². The first-order valence-electron chi connectivity index (χ1n) is 7.05. The Balaban J connectivity index is 1.91. The topological polar surface area (TPSA) is 42.4 Å². The summed E-state index contributed by atoms with van der Waals surface area (Å²) in [6, 6.07) is 5.85. The van der Waals surface area contributed by atoms with E-state index in [4.69, 9.17) is 4.74 Å². The fraction of sp³-hybridized carbons (Fsp3) is 0.250. The minimum Gasteiger partial charge on any atom is -0.479 e. The number of pyridine rings is 1. The number of benzene rings is 1. The fourth-order valence-corrected chi connectivity index (χ4v) is 2.41. The van der Waals surface area contributed by atoms with Crippen LogP contribution in [0, 0.1) is 5.82 Å². The van der Waals surface area contributed by atoms with E-state index in [-0.39, 0.29) is 12.2 Å². The third-order valence-corrected chi connectivity index (χ3v) is 3.59. The van der Waals surface area contributed by atoms with Gasteiger partial charge in [-0.1, -0.05) is 6.07 Å². The average Bonchev–Trinajstić information content (AvgIpc) is 2.52. The molecule has 8 heteroatoms. The lowest BCUT2D eigenvalue weighted by Crippen LogP contribution is -2.44. The van der Waals surface area contributed by atoms with Crippen molar-refractivity contribution in [1.29, 1.82) is 0 Å². The minimum absolute atomic E-state index is 0.0336. The van der Waals surface area contributed by atoms with Crippen LogP contribution in [0.1, 0.15) is 18.2 Å². The van der Waals surface area contributed by atoms with Crippen molar-refractivity contribution >= 4 is 11.6 Å². The first-order chi connectivity index (χ1) is 11.3. The SMILES string of the molecule is CC1Oc2ccc(F)cc2N(Cc2ccc(C(F)(F)F)nc2)C1=O. The molecule has 0 bridgehead atoms. The van der Waals surface area contributed by atoms with Crippen molar-refractivity contribution in [2.24, 2.45) is 0 Å². The van der Waals surface area contributed by atoms with Crippen LogP contribution in [0.3, 0.4) is 0 Å². The van der Waals surface area contributed by atoms with E-state index >= 15 is 0 Å². The van der Waals surface area contributed by atoms with Crippen molar-refractivity contribution < 1.29 is 27.1 Å². The van der Waals surface area contributed by atoms with E-state index in [9.17, 15) is 22.4 Å². The Kier molecular flexibility index (Phi) is 3.90. The van der Waals surface area contributed by atoms with Crippen LogP contribution >= 0.6 is 0 Å². The highest BCUT2D eigenvalue weighted by Gasteiger charge is 2.34. The van der Waals surface area contributed by atoms with Crippen molar-refractivity contribution in [3.63, 3.8) is 0 Å². The number of carbonyl (C=O) groups excluding carboxylic acids is 1. The van der Waals surface area contributed by atoms with Gasteiger partial charge in [0.25, 0.3) is 5.91 Å². The molecule has 3 rings (SSSR count). The van der Waals surface area contributed by atoms with Crippen molar-refractivity contribution in [3.8, 4) is 5.75 Å². The van der Waals surface area contributed by atoms with Crippen LogP contribution in [0.25, 0.3) is 0 Å². The average molecular weight is 340 g/mol. The van der Waals surface area contributed by atoms with E-state index < -0.39 is 29.7 Å². The zero-order valence-corrected chi connectivity index (χ0v) is 12.5. The Hall–Kier alpha value is -2.64. The molecule has 4 nitrogen and oxygen atoms in total. The molecule has 0 spiro atoms. The Morgan fingerprint density at radius 1 is 1.25 bits per heavy atom. The second-order valence-corrected chi connectivity index (χ2v) is 5.35. The van der Waals surface area contributed by atoms with Gasteiger partial charge in [0.15, 0.2) is 6.10 Å². The predicted octanol–water partition coefficient (Wildman–Crippen LogP) is 3.55. The number of halogens is 4. The number of hydrogen-bond acceptors (Lipinski definition) is 3. The molecule has 1 aromatic heterocycles. The van der Waals surface area contributed by atoms with Crippen molar-refractivity contribution in [1.82, 2.24) is 4.98 Å². The lowest BCUT2D eigenvalue weighted by atomic mass is 10.1. The normalized spacial score (nSPS) is 17.5. The van der Waals surface area contributed by atoms with E-state index in [0.29, 0.717) is 11.3 Å². The van der Waals surface area contributed by atoms with Gasteiger partial charge in [-0.3, -0.25) is 9.78 Å². The molecule has 0 saturated carbocycles. The van der Waals surface area contributed by atoms with Crippen molar-refractivity contribution in [2.45, 2.75) is 25.7 Å². The summed E-state index contributed by atoms with van der Waals surface area (Å²) in [5.41, 5.74) is -0.391. The van der Waals surface area contributed by atoms with E-state index in [1.807, 2.05) is 0 Å². The highest BCUT2D eigenvalue weighted by atomic mass is 19.4. The van der Waals surface area contributed by atoms with E-state index in [1.54, 1.807) is 6.92 Å². The van der Waals surface area contributed by atoms with Gasteiger partial charge in [0.2, 0.25) is 0 Å². The number of nitrogens with zero attached hydrogens (tertiary/aromatic N) is 2. The molecule has 2 heterocycles. The van der Waals surface area contributed by atoms with Crippen LogP contribution < -0.4 is 9.64 Å². The summed E-state index contributed by atoms with van der Waals surface area (Å²) < 4.78 is 56.5. The molecule has 1 aliphatic rings. The predicted molar refractivity (Wildman–Crippen MR) is 76.9 cm³/mol. The molecule has 0 aliphatic carbocycles. The smallest absolute Gasteiger partial charge is 0.433 e. The van der Waals surface area contributed by atoms with Crippen LogP contribution in [0.2, 0.25) is 0 Å². The Morgan fingerprint density at radius 3 is 2.62 bits per heavy atom. The van der Waals surface area contributed by atoms with E-state index in [2.05, 4.69) is 4.98 Å². The summed E-state index contributed by atoms with van der Waals surface area (Å²) in [6.45, 7) is 1.51. The maximum Gasteiger partial charge on any atom is 0.433 e. The number of ether oxygens (including phenoxy) is 1. The lowest BCUT2D eigenvalue weighted by molar-refractivity contribution is -0.141. The van der Waals surface area contributed by atoms with Crippen LogP contribution in [0.5, 0.6) is 5.75 Å². The molecule has 0 fully saturated rings. The fourth-order valence-electron chi connectivity index (χ4n) is 2.41. The standard InChI is InChI=1S/C16H12F4N2O2/c1-9-15(23)22(12-6-11(17)3-4-13(12)24-9)8-10-2-5-14(21-7-10)16(18,19)20/h2-7,9H,8H2,1H3. The zero-order chi connectivity index (χ0) is 17.5. The van der Waals surface area contributed by atoms with Crippen molar-refractivity contribution in [3.05, 3.63) is 53.6 Å². The molecule has 1 aromatic carbocycles. The quantitative estimate of drug-likeness (QED) is 0.785. The van der Waals surface area contributed by atoms with Crippen LogP contribution in [-0.4, -0.2) is 17.0 Å². The summed E-state index contributed by atoms with van der Waals surface area (Å²) in [5.74, 6) is -0.619. The Labute approximate surface area is 134 Å². The molecule has 0 radical (unpaired) electrons. The Bertz CT molecular complexity index is 775. The van der Waals surface area contributed by atoms with E-state index in [0.717, 1.165) is 18.3 Å². The maximum absolute atomic E-state index is 13.5. The largest absolute Gasteiger partial charge is 0.479 e. The second kappa shape index (κ2) is 5.77. The summed E-state index contributed by atoms with van der Waals surface area (Å²) >= 11 is 0. The van der Waals surface area contributed by atoms with Gasteiger partial charge in [-0.15, -0.1) is 0 Å². The van der Waals surface area contributed by atoms with E-state index in [1.165, 1.54) is 23.1 Å². The molecular weight excluding hydrogens is 328 g/mol. The molecule has 24 heavy (non-hydrogen) atoms. The first kappa shape index (κ1) is 16.2.